The van der Waals surface area contributed by atoms with Crippen LogP contribution < -0.4 is 0 Å². The van der Waals surface area contributed by atoms with E-state index in [1.165, 1.54) is 12.8 Å². The summed E-state index contributed by atoms with van der Waals surface area (Å²) in [6.45, 7) is 9.15. The van der Waals surface area contributed by atoms with Gasteiger partial charge in [-0.15, -0.1) is 0 Å². The minimum Gasteiger partial charge on any atom is -0.0776 e. The Bertz CT molecular complexity index is 42.0. The van der Waals surface area contributed by atoms with E-state index in [1.807, 2.05) is 0 Å². The maximum Gasteiger partial charge on any atom is -0.0396 e. The molecule has 0 rings (SSSR count). The van der Waals surface area contributed by atoms with Crippen molar-refractivity contribution >= 4 is 0 Å². The van der Waals surface area contributed by atoms with Gasteiger partial charge in [0.25, 0.3) is 0 Å². The quantitative estimate of drug-likeness (QED) is 0.546. The van der Waals surface area contributed by atoms with Gasteiger partial charge in [-0.1, -0.05) is 48.0 Å². The zero-order valence-electron chi connectivity index (χ0n) is 6.57. The molecule has 0 radical (unpaired) electrons. The van der Waals surface area contributed by atoms with Crippen LogP contribution in [0.2, 0.25) is 0 Å². The highest BCUT2D eigenvalue weighted by Crippen LogP contribution is 2.17. The Morgan fingerprint density at radius 1 is 1.00 bits per heavy atom. The van der Waals surface area contributed by atoms with Crippen LogP contribution in [0.25, 0.3) is 0 Å². The van der Waals surface area contributed by atoms with Gasteiger partial charge in [-0.3, -0.25) is 0 Å². The molecule has 58 valence electrons. The second kappa shape index (κ2) is 6.12. The highest BCUT2D eigenvalue weighted by molar-refractivity contribution is 4.57. The Hall–Kier alpha value is 0. The molecular weight excluding hydrogens is 108 g/mol. The summed E-state index contributed by atoms with van der Waals surface area (Å²) < 4.78 is 0. The summed E-state index contributed by atoms with van der Waals surface area (Å²) >= 11 is 0. The minimum atomic E-state index is 0. The van der Waals surface area contributed by atoms with Gasteiger partial charge in [0.1, 0.15) is 0 Å². The summed E-state index contributed by atoms with van der Waals surface area (Å²) in [6.07, 6.45) is 2.68. The largest absolute Gasteiger partial charge is 0.0776 e. The molecule has 0 aliphatic carbocycles. The fourth-order valence-corrected chi connectivity index (χ4v) is 1.23. The van der Waals surface area contributed by atoms with Gasteiger partial charge < -0.3 is 0 Å². The van der Waals surface area contributed by atoms with Crippen molar-refractivity contribution in [2.24, 2.45) is 11.8 Å². The van der Waals surface area contributed by atoms with E-state index >= 15 is 0 Å². The normalized spacial score (nSPS) is 10.0. The number of rotatable bonds is 3. The molecule has 0 aromatic rings. The van der Waals surface area contributed by atoms with Crippen LogP contribution >= 0.6 is 0 Å². The lowest BCUT2D eigenvalue weighted by atomic mass is 9.91. The molecule has 9 heavy (non-hydrogen) atoms. The van der Waals surface area contributed by atoms with Crippen LogP contribution in [0, 0.1) is 11.8 Å². The summed E-state index contributed by atoms with van der Waals surface area (Å²) in [5.41, 5.74) is 0. The van der Waals surface area contributed by atoms with Gasteiger partial charge in [0.05, 0.1) is 0 Å². The zero-order chi connectivity index (χ0) is 6.57. The topological polar surface area (TPSA) is 0 Å². The van der Waals surface area contributed by atoms with Crippen LogP contribution in [0.3, 0.4) is 0 Å². The van der Waals surface area contributed by atoms with Gasteiger partial charge in [0, 0.05) is 0 Å². The SMILES string of the molecule is C.CCC(CC)C(C)C. The van der Waals surface area contributed by atoms with Crippen molar-refractivity contribution in [2.45, 2.75) is 48.0 Å². The predicted octanol–water partition coefficient (Wildman–Crippen LogP) is 3.71. The molecule has 0 aromatic carbocycles. The van der Waals surface area contributed by atoms with Crippen LogP contribution in [0.1, 0.15) is 48.0 Å². The van der Waals surface area contributed by atoms with Crippen LogP contribution in [0.5, 0.6) is 0 Å². The second-order valence-electron chi connectivity index (χ2n) is 2.82. The van der Waals surface area contributed by atoms with Gasteiger partial charge in [-0.25, -0.2) is 0 Å². The van der Waals surface area contributed by atoms with E-state index in [1.54, 1.807) is 0 Å². The summed E-state index contributed by atoms with van der Waals surface area (Å²) in [5.74, 6) is 1.83. The maximum atomic E-state index is 2.30. The van der Waals surface area contributed by atoms with Gasteiger partial charge in [-0.05, 0) is 11.8 Å². The molecule has 0 N–H and O–H groups in total. The van der Waals surface area contributed by atoms with Crippen LogP contribution in [-0.2, 0) is 0 Å². The molecular formula is C9H22. The number of hydrogen-bond donors (Lipinski definition) is 0. The molecule has 0 aliphatic heterocycles. The number of hydrogen-bond acceptors (Lipinski definition) is 0. The molecule has 0 heteroatoms. The van der Waals surface area contributed by atoms with Crippen molar-refractivity contribution in [1.29, 1.82) is 0 Å². The van der Waals surface area contributed by atoms with Crippen molar-refractivity contribution in [3.63, 3.8) is 0 Å². The Morgan fingerprint density at radius 3 is 1.33 bits per heavy atom. The lowest BCUT2D eigenvalue weighted by molar-refractivity contribution is 0.362. The first-order valence-electron chi connectivity index (χ1n) is 3.72. The molecule has 0 saturated carbocycles. The van der Waals surface area contributed by atoms with E-state index in [9.17, 15) is 0 Å². The third kappa shape index (κ3) is 4.50. The standard InChI is InChI=1S/C8H18.CH4/c1-5-8(6-2)7(3)4;/h7-8H,5-6H2,1-4H3;1H4. The fraction of sp³-hybridized carbons (Fsp3) is 1.00. The van der Waals surface area contributed by atoms with E-state index in [0.29, 0.717) is 0 Å². The monoisotopic (exact) mass is 130 g/mol. The van der Waals surface area contributed by atoms with Crippen molar-refractivity contribution in [3.8, 4) is 0 Å². The fourth-order valence-electron chi connectivity index (χ4n) is 1.23. The van der Waals surface area contributed by atoms with Crippen molar-refractivity contribution in [3.05, 3.63) is 0 Å². The molecule has 0 nitrogen and oxygen atoms in total. The van der Waals surface area contributed by atoms with E-state index in [4.69, 9.17) is 0 Å². The highest BCUT2D eigenvalue weighted by atomic mass is 14.1. The molecule has 0 aromatic heterocycles. The van der Waals surface area contributed by atoms with Crippen molar-refractivity contribution < 1.29 is 0 Å². The van der Waals surface area contributed by atoms with Crippen molar-refractivity contribution in [1.82, 2.24) is 0 Å². The minimum absolute atomic E-state index is 0. The van der Waals surface area contributed by atoms with E-state index in [2.05, 4.69) is 27.7 Å². The molecule has 0 fully saturated rings. The van der Waals surface area contributed by atoms with Gasteiger partial charge >= 0.3 is 0 Å². The van der Waals surface area contributed by atoms with E-state index < -0.39 is 0 Å². The van der Waals surface area contributed by atoms with Gasteiger partial charge in [0.2, 0.25) is 0 Å². The van der Waals surface area contributed by atoms with E-state index in [0.717, 1.165) is 11.8 Å². The van der Waals surface area contributed by atoms with Crippen molar-refractivity contribution in [2.75, 3.05) is 0 Å². The third-order valence-electron chi connectivity index (χ3n) is 1.99. The van der Waals surface area contributed by atoms with Gasteiger partial charge in [0.15, 0.2) is 0 Å². The van der Waals surface area contributed by atoms with E-state index in [-0.39, 0.29) is 7.43 Å². The highest BCUT2D eigenvalue weighted by Gasteiger charge is 2.06. The molecule has 0 amide bonds. The average Bonchev–Trinajstić information content (AvgIpc) is 1.69. The lowest BCUT2D eigenvalue weighted by Crippen LogP contribution is -2.04. The Balaban J connectivity index is 0. The smallest absolute Gasteiger partial charge is 0.0396 e. The lowest BCUT2D eigenvalue weighted by Gasteiger charge is -2.15. The Morgan fingerprint density at radius 2 is 1.33 bits per heavy atom. The predicted molar refractivity (Wildman–Crippen MR) is 45.6 cm³/mol. The maximum absolute atomic E-state index is 2.30. The second-order valence-corrected chi connectivity index (χ2v) is 2.82. The molecule has 0 heterocycles. The molecule has 0 atom stereocenters. The molecule has 0 saturated heterocycles. The Kier molecular flexibility index (Phi) is 8.00. The van der Waals surface area contributed by atoms with Crippen LogP contribution in [0.15, 0.2) is 0 Å². The zero-order valence-corrected chi connectivity index (χ0v) is 6.57. The first kappa shape index (κ1) is 11.8. The first-order chi connectivity index (χ1) is 3.72. The molecule has 0 bridgehead atoms. The molecule has 0 aliphatic rings. The third-order valence-corrected chi connectivity index (χ3v) is 1.99. The molecule has 0 unspecified atom stereocenters. The average molecular weight is 130 g/mol. The first-order valence-corrected chi connectivity index (χ1v) is 3.72. The Labute approximate surface area is 60.7 Å². The van der Waals surface area contributed by atoms with Crippen LogP contribution in [-0.4, -0.2) is 0 Å². The summed E-state index contributed by atoms with van der Waals surface area (Å²) in [4.78, 5) is 0. The summed E-state index contributed by atoms with van der Waals surface area (Å²) in [7, 11) is 0. The summed E-state index contributed by atoms with van der Waals surface area (Å²) in [6, 6.07) is 0. The van der Waals surface area contributed by atoms with Crippen LogP contribution in [0.4, 0.5) is 0 Å². The summed E-state index contributed by atoms with van der Waals surface area (Å²) in [5, 5.41) is 0. The molecule has 0 spiro atoms. The van der Waals surface area contributed by atoms with Gasteiger partial charge in [-0.2, -0.15) is 0 Å².